The standard InChI is InChI=1S/C31H29ClN4O6S/c32-24-10-6-11-26(43(41,42)23-8-2-1-3-9-23)29(24)30(38)36-25(31(39)40)20-21-14-16-22(17-15-21)35-28(37)13-7-19-34-27-12-4-5-18-33-27/h1-6,8-12,14-18,25H,7,13,19-20H2,(H,33,34)(H,35,37)(H,36,38)(H,39,40)/t25-/m0/s1. The molecule has 3 aromatic carbocycles. The number of nitrogens with one attached hydrogen (secondary N) is 3. The van der Waals surface area contributed by atoms with Gasteiger partial charge in [-0.3, -0.25) is 9.59 Å². The van der Waals surface area contributed by atoms with E-state index in [1.54, 1.807) is 48.7 Å². The zero-order valence-electron chi connectivity index (χ0n) is 22.9. The first kappa shape index (κ1) is 31.2. The van der Waals surface area contributed by atoms with E-state index < -0.39 is 27.8 Å². The van der Waals surface area contributed by atoms with Crippen molar-refractivity contribution >= 4 is 50.7 Å². The molecule has 0 aliphatic carbocycles. The van der Waals surface area contributed by atoms with E-state index in [0.29, 0.717) is 30.6 Å². The van der Waals surface area contributed by atoms with E-state index in [1.807, 2.05) is 18.2 Å². The minimum atomic E-state index is -4.12. The lowest BCUT2D eigenvalue weighted by molar-refractivity contribution is -0.139. The Balaban J connectivity index is 1.38. The minimum Gasteiger partial charge on any atom is -0.480 e. The molecule has 4 N–H and O–H groups in total. The molecule has 222 valence electrons. The lowest BCUT2D eigenvalue weighted by Gasteiger charge is -2.17. The second-order valence-corrected chi connectivity index (χ2v) is 11.8. The number of carboxylic acid groups (broad SMARTS) is 1. The summed E-state index contributed by atoms with van der Waals surface area (Å²) in [7, 11) is -4.12. The van der Waals surface area contributed by atoms with Crippen LogP contribution in [-0.2, 0) is 25.8 Å². The lowest BCUT2D eigenvalue weighted by Crippen LogP contribution is -2.42. The molecule has 10 nitrogen and oxygen atoms in total. The van der Waals surface area contributed by atoms with Crippen LogP contribution in [0.3, 0.4) is 0 Å². The van der Waals surface area contributed by atoms with Crippen molar-refractivity contribution in [3.63, 3.8) is 0 Å². The smallest absolute Gasteiger partial charge is 0.326 e. The molecule has 0 saturated carbocycles. The van der Waals surface area contributed by atoms with Crippen molar-refractivity contribution in [2.75, 3.05) is 17.2 Å². The first-order valence-electron chi connectivity index (χ1n) is 13.3. The van der Waals surface area contributed by atoms with Crippen LogP contribution in [0.2, 0.25) is 5.02 Å². The van der Waals surface area contributed by atoms with Crippen molar-refractivity contribution in [3.05, 3.63) is 113 Å². The molecule has 0 aliphatic heterocycles. The van der Waals surface area contributed by atoms with Gasteiger partial charge >= 0.3 is 5.97 Å². The molecule has 0 fully saturated rings. The molecule has 0 saturated heterocycles. The third kappa shape index (κ3) is 8.40. The number of pyridine rings is 1. The van der Waals surface area contributed by atoms with Crippen LogP contribution in [0.1, 0.15) is 28.8 Å². The Bertz CT molecular complexity index is 1680. The molecule has 2 amide bonds. The third-order valence-corrected chi connectivity index (χ3v) is 8.51. The van der Waals surface area contributed by atoms with Gasteiger partial charge in [0.1, 0.15) is 11.9 Å². The van der Waals surface area contributed by atoms with Crippen LogP contribution >= 0.6 is 11.6 Å². The van der Waals surface area contributed by atoms with Crippen molar-refractivity contribution < 1.29 is 27.9 Å². The summed E-state index contributed by atoms with van der Waals surface area (Å²) in [6.45, 7) is 0.583. The number of aromatic nitrogens is 1. The number of rotatable bonds is 13. The van der Waals surface area contributed by atoms with Crippen molar-refractivity contribution in [1.82, 2.24) is 10.3 Å². The lowest BCUT2D eigenvalue weighted by atomic mass is 10.0. The highest BCUT2D eigenvalue weighted by atomic mass is 35.5. The van der Waals surface area contributed by atoms with Gasteiger partial charge in [0.25, 0.3) is 5.91 Å². The Morgan fingerprint density at radius 3 is 2.28 bits per heavy atom. The molecule has 0 aliphatic rings. The number of amides is 2. The van der Waals surface area contributed by atoms with E-state index in [4.69, 9.17) is 11.6 Å². The summed E-state index contributed by atoms with van der Waals surface area (Å²) in [4.78, 5) is 41.4. The molecule has 0 bridgehead atoms. The van der Waals surface area contributed by atoms with Crippen LogP contribution in [0.15, 0.2) is 107 Å². The van der Waals surface area contributed by atoms with Crippen LogP contribution < -0.4 is 16.0 Å². The molecule has 4 aromatic rings. The first-order chi connectivity index (χ1) is 20.6. The van der Waals surface area contributed by atoms with Crippen molar-refractivity contribution in [2.24, 2.45) is 0 Å². The first-order valence-corrected chi connectivity index (χ1v) is 15.2. The molecule has 0 unspecified atom stereocenters. The summed E-state index contributed by atoms with van der Waals surface area (Å²) in [5.74, 6) is -1.69. The van der Waals surface area contributed by atoms with E-state index in [9.17, 15) is 27.9 Å². The normalized spacial score (nSPS) is 11.7. The predicted octanol–water partition coefficient (Wildman–Crippen LogP) is 4.82. The van der Waals surface area contributed by atoms with Gasteiger partial charge in [0.15, 0.2) is 0 Å². The van der Waals surface area contributed by atoms with E-state index in [1.165, 1.54) is 30.3 Å². The van der Waals surface area contributed by atoms with Crippen molar-refractivity contribution in [2.45, 2.75) is 35.1 Å². The number of aliphatic carboxylic acids is 1. The largest absolute Gasteiger partial charge is 0.480 e. The fourth-order valence-corrected chi connectivity index (χ4v) is 6.04. The van der Waals surface area contributed by atoms with Gasteiger partial charge in [0.2, 0.25) is 15.7 Å². The molecule has 0 spiro atoms. The van der Waals surface area contributed by atoms with Gasteiger partial charge in [0, 0.05) is 31.3 Å². The average Bonchev–Trinajstić information content (AvgIpc) is 3.00. The average molecular weight is 621 g/mol. The number of hydrogen-bond acceptors (Lipinski definition) is 7. The monoisotopic (exact) mass is 620 g/mol. The highest BCUT2D eigenvalue weighted by molar-refractivity contribution is 7.91. The highest BCUT2D eigenvalue weighted by Crippen LogP contribution is 2.29. The Kier molecular flexibility index (Phi) is 10.5. The van der Waals surface area contributed by atoms with Gasteiger partial charge in [-0.1, -0.05) is 54.1 Å². The SMILES string of the molecule is O=C(CCCNc1ccccn1)Nc1ccc(C[C@H](NC(=O)c2c(Cl)cccc2S(=O)(=O)c2ccccc2)C(=O)O)cc1. The molecule has 1 heterocycles. The Hall–Kier alpha value is -4.74. The van der Waals surface area contributed by atoms with Crippen LogP contribution in [0.5, 0.6) is 0 Å². The maximum absolute atomic E-state index is 13.3. The van der Waals surface area contributed by atoms with Crippen LogP contribution in [0, 0.1) is 0 Å². The number of carbonyl (C=O) groups excluding carboxylic acids is 2. The topological polar surface area (TPSA) is 155 Å². The van der Waals surface area contributed by atoms with E-state index >= 15 is 0 Å². The summed E-state index contributed by atoms with van der Waals surface area (Å²) in [5.41, 5.74) is 0.767. The number of carboxylic acids is 1. The number of halogens is 1. The molecule has 12 heteroatoms. The summed E-state index contributed by atoms with van der Waals surface area (Å²) in [5, 5.41) is 18.0. The molecule has 43 heavy (non-hydrogen) atoms. The maximum Gasteiger partial charge on any atom is 0.326 e. The Morgan fingerprint density at radius 1 is 0.884 bits per heavy atom. The zero-order chi connectivity index (χ0) is 30.8. The zero-order valence-corrected chi connectivity index (χ0v) is 24.4. The number of carbonyl (C=O) groups is 3. The summed E-state index contributed by atoms with van der Waals surface area (Å²) >= 11 is 6.25. The molecule has 1 aromatic heterocycles. The van der Waals surface area contributed by atoms with E-state index in [-0.39, 0.29) is 32.7 Å². The van der Waals surface area contributed by atoms with Gasteiger partial charge in [-0.25, -0.2) is 18.2 Å². The Labute approximate surface area is 254 Å². The summed E-state index contributed by atoms with van der Waals surface area (Å²) < 4.78 is 26.5. The number of sulfone groups is 1. The summed E-state index contributed by atoms with van der Waals surface area (Å²) in [6.07, 6.45) is 2.47. The van der Waals surface area contributed by atoms with Gasteiger partial charge in [0.05, 0.1) is 20.4 Å². The second-order valence-electron chi connectivity index (χ2n) is 9.49. The fourth-order valence-electron chi connectivity index (χ4n) is 4.22. The van der Waals surface area contributed by atoms with Gasteiger partial charge in [-0.2, -0.15) is 0 Å². The number of hydrogen-bond donors (Lipinski definition) is 4. The van der Waals surface area contributed by atoms with Crippen molar-refractivity contribution in [1.29, 1.82) is 0 Å². The van der Waals surface area contributed by atoms with Crippen molar-refractivity contribution in [3.8, 4) is 0 Å². The predicted molar refractivity (Wildman–Crippen MR) is 163 cm³/mol. The van der Waals surface area contributed by atoms with Crippen LogP contribution in [0.25, 0.3) is 0 Å². The van der Waals surface area contributed by atoms with Gasteiger partial charge in [-0.15, -0.1) is 0 Å². The quantitative estimate of drug-likeness (QED) is 0.155. The second kappa shape index (κ2) is 14.4. The maximum atomic E-state index is 13.3. The Morgan fingerprint density at radius 2 is 1.60 bits per heavy atom. The number of benzene rings is 3. The molecular formula is C31H29ClN4O6S. The number of nitrogens with zero attached hydrogens (tertiary/aromatic N) is 1. The number of anilines is 2. The minimum absolute atomic E-state index is 0.0329. The molecule has 1 atom stereocenters. The highest BCUT2D eigenvalue weighted by Gasteiger charge is 2.29. The molecular weight excluding hydrogens is 592 g/mol. The third-order valence-electron chi connectivity index (χ3n) is 6.38. The fraction of sp³-hybridized carbons (Fsp3) is 0.161. The summed E-state index contributed by atoms with van der Waals surface area (Å²) in [6, 6.07) is 22.3. The van der Waals surface area contributed by atoms with E-state index in [2.05, 4.69) is 20.9 Å². The molecule has 4 rings (SSSR count). The van der Waals surface area contributed by atoms with Crippen LogP contribution in [0.4, 0.5) is 11.5 Å². The van der Waals surface area contributed by atoms with Crippen LogP contribution in [-0.4, -0.2) is 48.9 Å². The van der Waals surface area contributed by atoms with Gasteiger partial charge < -0.3 is 21.1 Å². The van der Waals surface area contributed by atoms with Gasteiger partial charge in [-0.05, 0) is 60.5 Å². The van der Waals surface area contributed by atoms with E-state index in [0.717, 1.165) is 5.82 Å². The molecule has 0 radical (unpaired) electrons.